The molecule has 1 aromatic heterocycles. The first-order valence-corrected chi connectivity index (χ1v) is 6.12. The predicted octanol–water partition coefficient (Wildman–Crippen LogP) is 2.09. The number of rotatable bonds is 2. The highest BCUT2D eigenvalue weighted by atomic mass is 32.1. The molecule has 16 heavy (non-hydrogen) atoms. The summed E-state index contributed by atoms with van der Waals surface area (Å²) in [6.45, 7) is 3.35. The van der Waals surface area contributed by atoms with Gasteiger partial charge in [0, 0.05) is 24.3 Å². The summed E-state index contributed by atoms with van der Waals surface area (Å²) in [5.41, 5.74) is 6.38. The van der Waals surface area contributed by atoms with Crippen LogP contribution in [0.15, 0.2) is 18.3 Å². The van der Waals surface area contributed by atoms with E-state index in [4.69, 9.17) is 18.0 Å². The van der Waals surface area contributed by atoms with Crippen LogP contribution in [-0.4, -0.2) is 22.6 Å². The van der Waals surface area contributed by atoms with Gasteiger partial charge in [-0.05, 0) is 38.3 Å². The lowest BCUT2D eigenvalue weighted by atomic mass is 10.0. The van der Waals surface area contributed by atoms with Gasteiger partial charge in [0.1, 0.15) is 10.8 Å². The maximum Gasteiger partial charge on any atom is 0.128 e. The molecule has 1 saturated heterocycles. The SMILES string of the molecule is CC1CCCCN1c1ccc(C(N)=S)cn1. The summed E-state index contributed by atoms with van der Waals surface area (Å²) in [4.78, 5) is 7.19. The van der Waals surface area contributed by atoms with E-state index in [0.717, 1.165) is 17.9 Å². The van der Waals surface area contributed by atoms with Crippen molar-refractivity contribution in [2.24, 2.45) is 5.73 Å². The molecule has 0 bridgehead atoms. The molecule has 2 N–H and O–H groups in total. The van der Waals surface area contributed by atoms with Crippen LogP contribution in [0.25, 0.3) is 0 Å². The van der Waals surface area contributed by atoms with Crippen molar-refractivity contribution >= 4 is 23.0 Å². The number of hydrogen-bond acceptors (Lipinski definition) is 3. The number of anilines is 1. The van der Waals surface area contributed by atoms with Crippen molar-refractivity contribution in [3.63, 3.8) is 0 Å². The first kappa shape index (κ1) is 11.3. The van der Waals surface area contributed by atoms with E-state index in [2.05, 4.69) is 16.8 Å². The van der Waals surface area contributed by atoms with Crippen LogP contribution in [0.4, 0.5) is 5.82 Å². The average molecular weight is 235 g/mol. The lowest BCUT2D eigenvalue weighted by molar-refractivity contribution is 0.481. The van der Waals surface area contributed by atoms with Crippen LogP contribution < -0.4 is 10.6 Å². The number of nitrogens with two attached hydrogens (primary N) is 1. The molecule has 1 aliphatic heterocycles. The Balaban J connectivity index is 2.17. The monoisotopic (exact) mass is 235 g/mol. The third kappa shape index (κ3) is 2.32. The molecule has 2 rings (SSSR count). The molecular weight excluding hydrogens is 218 g/mol. The Hall–Kier alpha value is -1.16. The number of aromatic nitrogens is 1. The molecule has 0 radical (unpaired) electrons. The van der Waals surface area contributed by atoms with Crippen LogP contribution in [0.5, 0.6) is 0 Å². The fraction of sp³-hybridized carbons (Fsp3) is 0.500. The second kappa shape index (κ2) is 4.78. The fourth-order valence-electron chi connectivity index (χ4n) is 2.14. The van der Waals surface area contributed by atoms with E-state index in [-0.39, 0.29) is 0 Å². The third-order valence-corrected chi connectivity index (χ3v) is 3.37. The highest BCUT2D eigenvalue weighted by molar-refractivity contribution is 7.80. The Kier molecular flexibility index (Phi) is 3.39. The van der Waals surface area contributed by atoms with Crippen molar-refractivity contribution in [3.05, 3.63) is 23.9 Å². The largest absolute Gasteiger partial charge is 0.389 e. The van der Waals surface area contributed by atoms with Gasteiger partial charge in [-0.1, -0.05) is 12.2 Å². The van der Waals surface area contributed by atoms with Gasteiger partial charge in [0.25, 0.3) is 0 Å². The van der Waals surface area contributed by atoms with E-state index in [1.165, 1.54) is 19.3 Å². The highest BCUT2D eigenvalue weighted by Gasteiger charge is 2.19. The maximum absolute atomic E-state index is 5.55. The van der Waals surface area contributed by atoms with Gasteiger partial charge in [-0.25, -0.2) is 4.98 Å². The van der Waals surface area contributed by atoms with Crippen molar-refractivity contribution in [1.29, 1.82) is 0 Å². The van der Waals surface area contributed by atoms with Crippen molar-refractivity contribution in [3.8, 4) is 0 Å². The molecule has 1 atom stereocenters. The topological polar surface area (TPSA) is 42.1 Å². The number of nitrogens with zero attached hydrogens (tertiary/aromatic N) is 2. The van der Waals surface area contributed by atoms with Crippen molar-refractivity contribution in [2.45, 2.75) is 32.2 Å². The van der Waals surface area contributed by atoms with E-state index in [1.54, 1.807) is 6.20 Å². The van der Waals surface area contributed by atoms with Crippen LogP contribution in [0, 0.1) is 0 Å². The number of hydrogen-bond donors (Lipinski definition) is 1. The Morgan fingerprint density at radius 1 is 1.50 bits per heavy atom. The molecule has 0 amide bonds. The summed E-state index contributed by atoms with van der Waals surface area (Å²) in [6.07, 6.45) is 5.59. The van der Waals surface area contributed by atoms with Crippen LogP contribution in [0.2, 0.25) is 0 Å². The fourth-order valence-corrected chi connectivity index (χ4v) is 2.26. The first-order valence-electron chi connectivity index (χ1n) is 5.71. The summed E-state index contributed by atoms with van der Waals surface area (Å²) < 4.78 is 0. The van der Waals surface area contributed by atoms with E-state index >= 15 is 0 Å². The van der Waals surface area contributed by atoms with Gasteiger partial charge in [-0.3, -0.25) is 0 Å². The van der Waals surface area contributed by atoms with E-state index < -0.39 is 0 Å². The molecule has 3 nitrogen and oxygen atoms in total. The van der Waals surface area contributed by atoms with Gasteiger partial charge in [0.05, 0.1) is 0 Å². The Morgan fingerprint density at radius 2 is 2.31 bits per heavy atom. The van der Waals surface area contributed by atoms with Crippen molar-refractivity contribution in [2.75, 3.05) is 11.4 Å². The minimum atomic E-state index is 0.408. The molecule has 0 saturated carbocycles. The number of pyridine rings is 1. The molecule has 86 valence electrons. The zero-order valence-electron chi connectivity index (χ0n) is 9.52. The third-order valence-electron chi connectivity index (χ3n) is 3.13. The first-order chi connectivity index (χ1) is 7.68. The zero-order valence-corrected chi connectivity index (χ0v) is 10.3. The lowest BCUT2D eigenvalue weighted by Gasteiger charge is -2.34. The molecule has 0 aliphatic carbocycles. The minimum absolute atomic E-state index is 0.408. The zero-order chi connectivity index (χ0) is 11.5. The summed E-state index contributed by atoms with van der Waals surface area (Å²) >= 11 is 4.91. The number of thiocarbonyl (C=S) groups is 1. The molecule has 1 aliphatic rings. The predicted molar refractivity (Wildman–Crippen MR) is 70.8 cm³/mol. The van der Waals surface area contributed by atoms with Crippen molar-refractivity contribution < 1.29 is 0 Å². The van der Waals surface area contributed by atoms with Crippen LogP contribution >= 0.6 is 12.2 Å². The Bertz CT molecular complexity index is 374. The normalized spacial score (nSPS) is 20.8. The summed E-state index contributed by atoms with van der Waals surface area (Å²) in [5.74, 6) is 1.03. The highest BCUT2D eigenvalue weighted by Crippen LogP contribution is 2.22. The molecule has 4 heteroatoms. The van der Waals surface area contributed by atoms with Gasteiger partial charge in [0.2, 0.25) is 0 Å². The van der Waals surface area contributed by atoms with E-state index in [9.17, 15) is 0 Å². The molecule has 1 fully saturated rings. The molecule has 2 heterocycles. The summed E-state index contributed by atoms with van der Waals surface area (Å²) in [6, 6.07) is 4.54. The summed E-state index contributed by atoms with van der Waals surface area (Å²) in [5, 5.41) is 0. The molecular formula is C12H17N3S. The van der Waals surface area contributed by atoms with E-state index in [1.807, 2.05) is 12.1 Å². The lowest BCUT2D eigenvalue weighted by Crippen LogP contribution is -2.37. The van der Waals surface area contributed by atoms with Crippen LogP contribution in [0.1, 0.15) is 31.7 Å². The second-order valence-electron chi connectivity index (χ2n) is 4.31. The minimum Gasteiger partial charge on any atom is -0.389 e. The second-order valence-corrected chi connectivity index (χ2v) is 4.75. The van der Waals surface area contributed by atoms with Gasteiger partial charge in [-0.15, -0.1) is 0 Å². The Morgan fingerprint density at radius 3 is 2.88 bits per heavy atom. The van der Waals surface area contributed by atoms with E-state index in [0.29, 0.717) is 11.0 Å². The van der Waals surface area contributed by atoms with Crippen molar-refractivity contribution in [1.82, 2.24) is 4.98 Å². The summed E-state index contributed by atoms with van der Waals surface area (Å²) in [7, 11) is 0. The average Bonchev–Trinajstić information content (AvgIpc) is 2.30. The van der Waals surface area contributed by atoms with Gasteiger partial charge >= 0.3 is 0 Å². The quantitative estimate of drug-likeness (QED) is 0.797. The van der Waals surface area contributed by atoms with Gasteiger partial charge in [0.15, 0.2) is 0 Å². The Labute approximate surface area is 102 Å². The maximum atomic E-state index is 5.55. The van der Waals surface area contributed by atoms with Gasteiger partial charge < -0.3 is 10.6 Å². The standard InChI is InChI=1S/C12H17N3S/c1-9-4-2-3-7-15(9)11-6-5-10(8-14-11)12(13)16/h5-6,8-9H,2-4,7H2,1H3,(H2,13,16). The molecule has 1 unspecified atom stereocenters. The van der Waals surface area contributed by atoms with Crippen LogP contribution in [0.3, 0.4) is 0 Å². The number of piperidine rings is 1. The van der Waals surface area contributed by atoms with Crippen LogP contribution in [-0.2, 0) is 0 Å². The smallest absolute Gasteiger partial charge is 0.128 e. The molecule has 0 aromatic carbocycles. The van der Waals surface area contributed by atoms with Gasteiger partial charge in [-0.2, -0.15) is 0 Å². The molecule has 1 aromatic rings. The molecule has 0 spiro atoms.